The van der Waals surface area contributed by atoms with Gasteiger partial charge < -0.3 is 14.6 Å². The molecule has 0 unspecified atom stereocenters. The highest BCUT2D eigenvalue weighted by Crippen LogP contribution is 2.35. The van der Waals surface area contributed by atoms with E-state index in [1.165, 1.54) is 24.2 Å². The number of carboxylic acids is 1. The smallest absolute Gasteiger partial charge is 0.356 e. The Morgan fingerprint density at radius 1 is 1.19 bits per heavy atom. The zero-order chi connectivity index (χ0) is 14.7. The summed E-state index contributed by atoms with van der Waals surface area (Å²) in [7, 11) is 0. The van der Waals surface area contributed by atoms with Crippen molar-refractivity contribution < 1.29 is 19.4 Å². The van der Waals surface area contributed by atoms with Gasteiger partial charge >= 0.3 is 5.97 Å². The molecule has 21 heavy (non-hydrogen) atoms. The summed E-state index contributed by atoms with van der Waals surface area (Å²) in [5.41, 5.74) is -0.0747. The van der Waals surface area contributed by atoms with Crippen molar-refractivity contribution in [2.45, 2.75) is 16.3 Å². The van der Waals surface area contributed by atoms with E-state index in [1.807, 2.05) is 18.2 Å². The lowest BCUT2D eigenvalue weighted by Crippen LogP contribution is -2.01. The fraction of sp³-hybridized carbons (Fsp3) is 0.214. The summed E-state index contributed by atoms with van der Waals surface area (Å²) < 4.78 is 11.2. The number of benzene rings is 1. The number of aromatic nitrogens is 2. The first-order valence-electron chi connectivity index (χ1n) is 6.35. The molecule has 108 valence electrons. The second kappa shape index (κ2) is 6.01. The summed E-state index contributed by atoms with van der Waals surface area (Å²) in [5, 5.41) is 9.43. The van der Waals surface area contributed by atoms with Crippen LogP contribution >= 0.6 is 11.8 Å². The Kier molecular flexibility index (Phi) is 3.92. The van der Waals surface area contributed by atoms with Crippen LogP contribution in [0.3, 0.4) is 0 Å². The Labute approximate surface area is 125 Å². The van der Waals surface area contributed by atoms with E-state index in [9.17, 15) is 4.79 Å². The number of fused-ring (bicyclic) bond motifs is 1. The molecule has 0 aliphatic carbocycles. The van der Waals surface area contributed by atoms with E-state index < -0.39 is 5.97 Å². The molecule has 0 fully saturated rings. The second-order valence-corrected chi connectivity index (χ2v) is 5.40. The highest BCUT2D eigenvalue weighted by Gasteiger charge is 2.12. The van der Waals surface area contributed by atoms with Crippen molar-refractivity contribution in [1.29, 1.82) is 0 Å². The van der Waals surface area contributed by atoms with Crippen LogP contribution in [0.15, 0.2) is 40.5 Å². The SMILES string of the molecule is O=C(O)c1cncc(Sc2ccc3c(c2)OCCCO3)n1. The molecule has 0 saturated heterocycles. The molecule has 1 aliphatic rings. The lowest BCUT2D eigenvalue weighted by molar-refractivity contribution is 0.0689. The molecule has 1 N–H and O–H groups in total. The minimum absolute atomic E-state index is 0.0747. The summed E-state index contributed by atoms with van der Waals surface area (Å²) >= 11 is 1.33. The van der Waals surface area contributed by atoms with Crippen LogP contribution in [-0.2, 0) is 0 Å². The quantitative estimate of drug-likeness (QED) is 0.932. The molecule has 2 aromatic rings. The lowest BCUT2D eigenvalue weighted by Gasteiger charge is -2.08. The molecule has 0 bridgehead atoms. The maximum absolute atomic E-state index is 10.9. The van der Waals surface area contributed by atoms with E-state index in [0.717, 1.165) is 17.1 Å². The highest BCUT2D eigenvalue weighted by molar-refractivity contribution is 7.99. The third-order valence-corrected chi connectivity index (χ3v) is 3.67. The van der Waals surface area contributed by atoms with Gasteiger partial charge in [0, 0.05) is 11.3 Å². The van der Waals surface area contributed by atoms with Gasteiger partial charge in [-0.05, 0) is 18.2 Å². The van der Waals surface area contributed by atoms with Gasteiger partial charge in [-0.2, -0.15) is 0 Å². The third kappa shape index (κ3) is 3.25. The molecule has 0 radical (unpaired) electrons. The Hall–Kier alpha value is -2.28. The van der Waals surface area contributed by atoms with Crippen LogP contribution in [0.4, 0.5) is 0 Å². The molecule has 1 aromatic heterocycles. The van der Waals surface area contributed by atoms with Gasteiger partial charge in [-0.25, -0.2) is 9.78 Å². The first-order valence-corrected chi connectivity index (χ1v) is 7.17. The second-order valence-electron chi connectivity index (χ2n) is 4.31. The predicted octanol–water partition coefficient (Wildman–Crippen LogP) is 2.49. The fourth-order valence-corrected chi connectivity index (χ4v) is 2.63. The molecular formula is C14H12N2O4S. The Bertz CT molecular complexity index is 678. The summed E-state index contributed by atoms with van der Waals surface area (Å²) in [6.07, 6.45) is 3.60. The molecular weight excluding hydrogens is 292 g/mol. The van der Waals surface area contributed by atoms with Crippen LogP contribution in [0.25, 0.3) is 0 Å². The maximum Gasteiger partial charge on any atom is 0.356 e. The highest BCUT2D eigenvalue weighted by atomic mass is 32.2. The molecule has 3 rings (SSSR count). The number of rotatable bonds is 3. The molecule has 0 atom stereocenters. The molecule has 0 amide bonds. The van der Waals surface area contributed by atoms with E-state index in [0.29, 0.717) is 24.0 Å². The van der Waals surface area contributed by atoms with Gasteiger partial charge in [-0.15, -0.1) is 0 Å². The van der Waals surface area contributed by atoms with Crippen molar-refractivity contribution in [3.8, 4) is 11.5 Å². The third-order valence-electron chi connectivity index (χ3n) is 2.77. The first-order chi connectivity index (χ1) is 10.2. The standard InChI is InChI=1S/C14H12N2O4S/c17-14(18)10-7-15-8-13(16-10)21-9-2-3-11-12(6-9)20-5-1-4-19-11/h2-3,6-8H,1,4-5H2,(H,17,18). The number of hydrogen-bond acceptors (Lipinski definition) is 6. The van der Waals surface area contributed by atoms with E-state index in [4.69, 9.17) is 14.6 Å². The van der Waals surface area contributed by atoms with Gasteiger partial charge in [-0.3, -0.25) is 4.98 Å². The van der Waals surface area contributed by atoms with E-state index in [2.05, 4.69) is 9.97 Å². The van der Waals surface area contributed by atoms with Crippen LogP contribution in [0.2, 0.25) is 0 Å². The normalized spacial score (nSPS) is 13.5. The van der Waals surface area contributed by atoms with Gasteiger partial charge in [0.2, 0.25) is 0 Å². The first kappa shape index (κ1) is 13.7. The zero-order valence-corrected chi connectivity index (χ0v) is 11.8. The van der Waals surface area contributed by atoms with Crippen LogP contribution in [-0.4, -0.2) is 34.3 Å². The monoisotopic (exact) mass is 304 g/mol. The van der Waals surface area contributed by atoms with Crippen molar-refractivity contribution in [3.63, 3.8) is 0 Å². The molecule has 1 aliphatic heterocycles. The largest absolute Gasteiger partial charge is 0.490 e. The molecule has 7 heteroatoms. The zero-order valence-electron chi connectivity index (χ0n) is 11.0. The van der Waals surface area contributed by atoms with E-state index in [-0.39, 0.29) is 5.69 Å². The maximum atomic E-state index is 10.9. The number of carbonyl (C=O) groups is 1. The number of carboxylic acid groups (broad SMARTS) is 1. The molecule has 0 saturated carbocycles. The summed E-state index contributed by atoms with van der Waals surface area (Å²) in [6.45, 7) is 1.26. The number of ether oxygens (including phenoxy) is 2. The van der Waals surface area contributed by atoms with E-state index in [1.54, 1.807) is 0 Å². The van der Waals surface area contributed by atoms with E-state index >= 15 is 0 Å². The van der Waals surface area contributed by atoms with Gasteiger partial charge in [0.1, 0.15) is 5.03 Å². The fourth-order valence-electron chi connectivity index (χ4n) is 1.83. The Morgan fingerprint density at radius 3 is 2.81 bits per heavy atom. The van der Waals surface area contributed by atoms with Crippen LogP contribution < -0.4 is 9.47 Å². The summed E-state index contributed by atoms with van der Waals surface area (Å²) in [4.78, 5) is 19.7. The van der Waals surface area contributed by atoms with Gasteiger partial charge in [-0.1, -0.05) is 11.8 Å². The van der Waals surface area contributed by atoms with Crippen molar-refractivity contribution >= 4 is 17.7 Å². The van der Waals surface area contributed by atoms with Crippen LogP contribution in [0, 0.1) is 0 Å². The molecule has 6 nitrogen and oxygen atoms in total. The van der Waals surface area contributed by atoms with Crippen LogP contribution in [0.5, 0.6) is 11.5 Å². The van der Waals surface area contributed by atoms with Gasteiger partial charge in [0.05, 0.1) is 25.6 Å². The topological polar surface area (TPSA) is 81.5 Å². The molecule has 1 aromatic carbocycles. The summed E-state index contributed by atoms with van der Waals surface area (Å²) in [6, 6.07) is 5.59. The predicted molar refractivity (Wildman–Crippen MR) is 75.2 cm³/mol. The van der Waals surface area contributed by atoms with Gasteiger partial charge in [0.25, 0.3) is 0 Å². The minimum atomic E-state index is -1.09. The molecule has 2 heterocycles. The lowest BCUT2D eigenvalue weighted by atomic mass is 10.3. The summed E-state index contributed by atoms with van der Waals surface area (Å²) in [5.74, 6) is 0.325. The van der Waals surface area contributed by atoms with Crippen molar-refractivity contribution in [1.82, 2.24) is 9.97 Å². The molecule has 0 spiro atoms. The Morgan fingerprint density at radius 2 is 2.00 bits per heavy atom. The van der Waals surface area contributed by atoms with Gasteiger partial charge in [0.15, 0.2) is 17.2 Å². The number of aromatic carboxylic acids is 1. The van der Waals surface area contributed by atoms with Crippen molar-refractivity contribution in [2.24, 2.45) is 0 Å². The van der Waals surface area contributed by atoms with Crippen LogP contribution in [0.1, 0.15) is 16.9 Å². The number of nitrogens with zero attached hydrogens (tertiary/aromatic N) is 2. The van der Waals surface area contributed by atoms with Crippen molar-refractivity contribution in [3.05, 3.63) is 36.3 Å². The Balaban J connectivity index is 1.83. The average Bonchev–Trinajstić information content (AvgIpc) is 2.72. The number of hydrogen-bond donors (Lipinski definition) is 1. The van der Waals surface area contributed by atoms with Crippen molar-refractivity contribution in [2.75, 3.05) is 13.2 Å². The minimum Gasteiger partial charge on any atom is -0.490 e. The average molecular weight is 304 g/mol.